The van der Waals surface area contributed by atoms with Crippen LogP contribution < -0.4 is 9.47 Å². The van der Waals surface area contributed by atoms with Gasteiger partial charge in [0.15, 0.2) is 11.5 Å². The Kier molecular flexibility index (Phi) is 7.33. The lowest BCUT2D eigenvalue weighted by atomic mass is 10.2. The number of rotatable bonds is 8. The lowest BCUT2D eigenvalue weighted by molar-refractivity contribution is -0.131. The molecule has 0 aliphatic heterocycles. The minimum atomic E-state index is -1.02. The molecule has 0 heterocycles. The van der Waals surface area contributed by atoms with Crippen molar-refractivity contribution in [3.05, 3.63) is 28.8 Å². The highest BCUT2D eigenvalue weighted by Gasteiger charge is 2.11. The maximum absolute atomic E-state index is 10.5. The Morgan fingerprint density at radius 2 is 2.25 bits per heavy atom. The van der Waals surface area contributed by atoms with Gasteiger partial charge < -0.3 is 14.6 Å². The van der Waals surface area contributed by atoms with Crippen LogP contribution in [0.2, 0.25) is 5.02 Å². The van der Waals surface area contributed by atoms with Gasteiger partial charge in [0.2, 0.25) is 0 Å². The zero-order valence-corrected chi connectivity index (χ0v) is 13.0. The van der Waals surface area contributed by atoms with Crippen LogP contribution in [-0.4, -0.2) is 36.3 Å². The van der Waals surface area contributed by atoms with Gasteiger partial charge in [0, 0.05) is 11.8 Å². The third-order valence-electron chi connectivity index (χ3n) is 2.35. The lowest BCUT2D eigenvalue weighted by Crippen LogP contribution is -2.03. The van der Waals surface area contributed by atoms with Gasteiger partial charge in [0.05, 0.1) is 18.7 Å². The van der Waals surface area contributed by atoms with Crippen LogP contribution in [0.1, 0.15) is 12.5 Å². The van der Waals surface area contributed by atoms with Crippen molar-refractivity contribution in [1.29, 1.82) is 0 Å². The van der Waals surface area contributed by atoms with Gasteiger partial charge in [-0.05, 0) is 29.5 Å². The van der Waals surface area contributed by atoms with Gasteiger partial charge >= 0.3 is 5.97 Å². The molecule has 110 valence electrons. The van der Waals surface area contributed by atoms with Gasteiger partial charge in [0.25, 0.3) is 0 Å². The molecule has 0 saturated carbocycles. The number of hydrogen-bond acceptors (Lipinski definition) is 4. The number of hydrogen-bond donors (Lipinski definition) is 1. The fourth-order valence-electron chi connectivity index (χ4n) is 1.49. The average Bonchev–Trinajstić information content (AvgIpc) is 2.42. The van der Waals surface area contributed by atoms with Gasteiger partial charge in [-0.15, -0.1) is 0 Å². The third kappa shape index (κ3) is 5.35. The molecule has 20 heavy (non-hydrogen) atoms. The summed E-state index contributed by atoms with van der Waals surface area (Å²) >= 11 is 7.92. The molecule has 0 aliphatic rings. The highest BCUT2D eigenvalue weighted by molar-refractivity contribution is 7.99. The molecular weight excluding hydrogens is 300 g/mol. The van der Waals surface area contributed by atoms with Crippen LogP contribution in [0.4, 0.5) is 0 Å². The van der Waals surface area contributed by atoms with E-state index in [-0.39, 0.29) is 0 Å². The second-order valence-corrected chi connectivity index (χ2v) is 5.55. The van der Waals surface area contributed by atoms with Gasteiger partial charge in [-0.25, -0.2) is 4.79 Å². The summed E-state index contributed by atoms with van der Waals surface area (Å²) in [6.07, 6.45) is 2.50. The molecule has 0 spiro atoms. The molecule has 1 rings (SSSR count). The van der Waals surface area contributed by atoms with Crippen molar-refractivity contribution in [2.75, 3.05) is 25.2 Å². The predicted molar refractivity (Wildman–Crippen MR) is 83.2 cm³/mol. The molecule has 4 nitrogen and oxygen atoms in total. The van der Waals surface area contributed by atoms with Crippen molar-refractivity contribution in [2.24, 2.45) is 0 Å². The van der Waals surface area contributed by atoms with Crippen molar-refractivity contribution in [2.45, 2.75) is 6.92 Å². The van der Waals surface area contributed by atoms with Crippen LogP contribution in [0.15, 0.2) is 18.2 Å². The molecule has 0 amide bonds. The standard InChI is InChI=1S/C14H17ClO4S/c1-3-20-7-6-19-14-11(15)8-10(4-5-13(16)17)9-12(14)18-2/h4-5,8-9H,3,6-7H2,1-2H3,(H,16,17)/b5-4+. The zero-order valence-electron chi connectivity index (χ0n) is 11.4. The maximum Gasteiger partial charge on any atom is 0.328 e. The quantitative estimate of drug-likeness (QED) is 0.587. The van der Waals surface area contributed by atoms with E-state index in [1.54, 1.807) is 23.9 Å². The molecule has 0 bridgehead atoms. The largest absolute Gasteiger partial charge is 0.493 e. The summed E-state index contributed by atoms with van der Waals surface area (Å²) in [5.74, 6) is 1.86. The molecule has 0 radical (unpaired) electrons. The monoisotopic (exact) mass is 316 g/mol. The molecule has 0 unspecified atom stereocenters. The Hall–Kier alpha value is -1.33. The Morgan fingerprint density at radius 3 is 2.85 bits per heavy atom. The van der Waals surface area contributed by atoms with E-state index in [2.05, 4.69) is 6.92 Å². The SMILES string of the molecule is CCSCCOc1c(Cl)cc(/C=C/C(=O)O)cc1OC. The van der Waals surface area contributed by atoms with Crippen molar-refractivity contribution in [3.63, 3.8) is 0 Å². The number of aliphatic carboxylic acids is 1. The normalized spacial score (nSPS) is 10.8. The van der Waals surface area contributed by atoms with E-state index in [0.29, 0.717) is 28.7 Å². The van der Waals surface area contributed by atoms with Crippen LogP contribution in [0.5, 0.6) is 11.5 Å². The first kappa shape index (κ1) is 16.7. The van der Waals surface area contributed by atoms with E-state index in [0.717, 1.165) is 17.6 Å². The van der Waals surface area contributed by atoms with E-state index in [1.165, 1.54) is 13.2 Å². The molecule has 1 N–H and O–H groups in total. The Balaban J connectivity index is 2.87. The van der Waals surface area contributed by atoms with Crippen molar-refractivity contribution >= 4 is 35.4 Å². The smallest absolute Gasteiger partial charge is 0.328 e. The summed E-state index contributed by atoms with van der Waals surface area (Å²) < 4.78 is 10.9. The van der Waals surface area contributed by atoms with Crippen LogP contribution in [0.25, 0.3) is 6.08 Å². The van der Waals surface area contributed by atoms with Gasteiger partial charge in [-0.2, -0.15) is 11.8 Å². The molecule has 0 fully saturated rings. The number of thioether (sulfide) groups is 1. The van der Waals surface area contributed by atoms with Gasteiger partial charge in [-0.3, -0.25) is 0 Å². The number of benzene rings is 1. The Bertz CT molecular complexity index is 488. The summed E-state index contributed by atoms with van der Waals surface area (Å²) in [6.45, 7) is 2.63. The van der Waals surface area contributed by atoms with Crippen LogP contribution >= 0.6 is 23.4 Å². The van der Waals surface area contributed by atoms with Gasteiger partial charge in [0.1, 0.15) is 0 Å². The van der Waals surface area contributed by atoms with E-state index >= 15 is 0 Å². The number of methoxy groups -OCH3 is 1. The summed E-state index contributed by atoms with van der Waals surface area (Å²) in [7, 11) is 1.52. The summed E-state index contributed by atoms with van der Waals surface area (Å²) in [5, 5.41) is 9.01. The molecular formula is C14H17ClO4S. The molecule has 6 heteroatoms. The van der Waals surface area contributed by atoms with Crippen molar-refractivity contribution in [3.8, 4) is 11.5 Å². The fraction of sp³-hybridized carbons (Fsp3) is 0.357. The summed E-state index contributed by atoms with van der Waals surface area (Å²) in [5.41, 5.74) is 0.643. The second kappa shape index (κ2) is 8.76. The number of ether oxygens (including phenoxy) is 2. The molecule has 1 aromatic rings. The molecule has 0 aromatic heterocycles. The van der Waals surface area contributed by atoms with E-state index in [9.17, 15) is 4.79 Å². The number of carboxylic acid groups (broad SMARTS) is 1. The number of carbonyl (C=O) groups is 1. The predicted octanol–water partition coefficient (Wildman–Crippen LogP) is 3.58. The Morgan fingerprint density at radius 1 is 1.50 bits per heavy atom. The van der Waals surface area contributed by atoms with E-state index in [4.69, 9.17) is 26.2 Å². The van der Waals surface area contributed by atoms with Crippen LogP contribution in [-0.2, 0) is 4.79 Å². The summed E-state index contributed by atoms with van der Waals surface area (Å²) in [6, 6.07) is 3.33. The highest BCUT2D eigenvalue weighted by Crippen LogP contribution is 2.36. The minimum absolute atomic E-state index is 0.399. The van der Waals surface area contributed by atoms with Gasteiger partial charge in [-0.1, -0.05) is 18.5 Å². The van der Waals surface area contributed by atoms with Crippen molar-refractivity contribution in [1.82, 2.24) is 0 Å². The summed E-state index contributed by atoms with van der Waals surface area (Å²) in [4.78, 5) is 10.5. The first-order valence-corrected chi connectivity index (χ1v) is 7.60. The number of halogens is 1. The van der Waals surface area contributed by atoms with E-state index < -0.39 is 5.97 Å². The maximum atomic E-state index is 10.5. The molecule has 0 atom stereocenters. The average molecular weight is 317 g/mol. The van der Waals surface area contributed by atoms with Crippen LogP contribution in [0, 0.1) is 0 Å². The molecule has 0 saturated heterocycles. The zero-order chi connectivity index (χ0) is 15.0. The second-order valence-electron chi connectivity index (χ2n) is 3.75. The Labute approximate surface area is 127 Å². The molecule has 0 aliphatic carbocycles. The minimum Gasteiger partial charge on any atom is -0.493 e. The third-order valence-corrected chi connectivity index (χ3v) is 3.49. The highest BCUT2D eigenvalue weighted by atomic mass is 35.5. The molecule has 1 aromatic carbocycles. The van der Waals surface area contributed by atoms with Crippen molar-refractivity contribution < 1.29 is 19.4 Å². The topological polar surface area (TPSA) is 55.8 Å². The fourth-order valence-corrected chi connectivity index (χ4v) is 2.25. The lowest BCUT2D eigenvalue weighted by Gasteiger charge is -2.13. The van der Waals surface area contributed by atoms with Crippen LogP contribution in [0.3, 0.4) is 0 Å². The first-order valence-electron chi connectivity index (χ1n) is 6.07. The first-order chi connectivity index (χ1) is 9.58. The van der Waals surface area contributed by atoms with E-state index in [1.807, 2.05) is 0 Å². The number of carboxylic acids is 1.